The molecule has 1 aliphatic rings. The molecule has 1 aromatic carbocycles. The van der Waals surface area contributed by atoms with Gasteiger partial charge in [0.2, 0.25) is 0 Å². The van der Waals surface area contributed by atoms with Gasteiger partial charge in [-0.15, -0.1) is 12.3 Å². The average molecular weight is 281 g/mol. The van der Waals surface area contributed by atoms with Crippen molar-refractivity contribution in [1.29, 1.82) is 0 Å². The van der Waals surface area contributed by atoms with Gasteiger partial charge in [0.15, 0.2) is 0 Å². The van der Waals surface area contributed by atoms with Crippen molar-refractivity contribution in [1.82, 2.24) is 4.98 Å². The number of pyridine rings is 1. The summed E-state index contributed by atoms with van der Waals surface area (Å²) in [5.74, 6) is 4.17. The fourth-order valence-electron chi connectivity index (χ4n) is 3.56. The molecule has 0 N–H and O–H groups in total. The molecule has 2 heteroatoms. The number of hydrogen-bond acceptors (Lipinski definition) is 1. The number of rotatable bonds is 2. The second-order valence-corrected chi connectivity index (χ2v) is 6.13. The fourth-order valence-corrected chi connectivity index (χ4v) is 3.56. The van der Waals surface area contributed by atoms with E-state index in [2.05, 4.69) is 23.9 Å². The van der Waals surface area contributed by atoms with E-state index in [1.807, 2.05) is 6.20 Å². The molecule has 1 aliphatic carbocycles. The van der Waals surface area contributed by atoms with Gasteiger partial charge in [-0.3, -0.25) is 4.98 Å². The van der Waals surface area contributed by atoms with Crippen LogP contribution in [0.5, 0.6) is 0 Å². The van der Waals surface area contributed by atoms with Crippen LogP contribution in [0.25, 0.3) is 10.9 Å². The SMILES string of the molecule is C#CC(C)C1CCC(c2ccnc3ccc(F)cc23)CC1. The molecular weight excluding hydrogens is 261 g/mol. The average Bonchev–Trinajstić information content (AvgIpc) is 2.53. The number of halogens is 1. The van der Waals surface area contributed by atoms with Crippen LogP contribution in [0.15, 0.2) is 30.5 Å². The second-order valence-electron chi connectivity index (χ2n) is 6.13. The highest BCUT2D eigenvalue weighted by atomic mass is 19.1. The van der Waals surface area contributed by atoms with E-state index in [0.29, 0.717) is 17.8 Å². The molecule has 1 aromatic heterocycles. The van der Waals surface area contributed by atoms with Crippen molar-refractivity contribution in [2.75, 3.05) is 0 Å². The molecule has 0 aliphatic heterocycles. The van der Waals surface area contributed by atoms with E-state index in [1.54, 1.807) is 12.1 Å². The third-order valence-electron chi connectivity index (χ3n) is 4.92. The van der Waals surface area contributed by atoms with Crippen LogP contribution >= 0.6 is 0 Å². The van der Waals surface area contributed by atoms with E-state index in [4.69, 9.17) is 6.42 Å². The van der Waals surface area contributed by atoms with Crippen molar-refractivity contribution in [2.24, 2.45) is 11.8 Å². The van der Waals surface area contributed by atoms with Gasteiger partial charge in [0.05, 0.1) is 5.52 Å². The number of nitrogens with zero attached hydrogens (tertiary/aromatic N) is 1. The molecule has 3 rings (SSSR count). The molecule has 0 spiro atoms. The Morgan fingerprint density at radius 3 is 2.71 bits per heavy atom. The first-order chi connectivity index (χ1) is 10.2. The van der Waals surface area contributed by atoms with Gasteiger partial charge in [-0.05, 0) is 67.3 Å². The van der Waals surface area contributed by atoms with E-state index in [1.165, 1.54) is 11.6 Å². The summed E-state index contributed by atoms with van der Waals surface area (Å²) in [6, 6.07) is 6.91. The minimum absolute atomic E-state index is 0.189. The van der Waals surface area contributed by atoms with E-state index in [-0.39, 0.29) is 5.82 Å². The van der Waals surface area contributed by atoms with Gasteiger partial charge >= 0.3 is 0 Å². The standard InChI is InChI=1S/C19H20FN/c1-3-13(2)14-4-6-15(7-5-14)17-10-11-21-19-9-8-16(20)12-18(17)19/h1,8-15H,4-7H2,2H3. The van der Waals surface area contributed by atoms with E-state index < -0.39 is 0 Å². The van der Waals surface area contributed by atoms with Crippen molar-refractivity contribution in [3.8, 4) is 12.3 Å². The number of terminal acetylenes is 1. The van der Waals surface area contributed by atoms with Gasteiger partial charge in [0.1, 0.15) is 5.82 Å². The summed E-state index contributed by atoms with van der Waals surface area (Å²) in [6.07, 6.45) is 12.0. The van der Waals surface area contributed by atoms with Gasteiger partial charge < -0.3 is 0 Å². The summed E-state index contributed by atoms with van der Waals surface area (Å²) in [6.45, 7) is 2.14. The molecule has 108 valence electrons. The maximum atomic E-state index is 13.5. The zero-order valence-corrected chi connectivity index (χ0v) is 12.3. The Morgan fingerprint density at radius 2 is 2.00 bits per heavy atom. The van der Waals surface area contributed by atoms with E-state index in [9.17, 15) is 4.39 Å². The van der Waals surface area contributed by atoms with Crippen LogP contribution in [-0.4, -0.2) is 4.98 Å². The van der Waals surface area contributed by atoms with Crippen LogP contribution in [0.4, 0.5) is 4.39 Å². The van der Waals surface area contributed by atoms with Crippen LogP contribution < -0.4 is 0 Å². The zero-order valence-electron chi connectivity index (χ0n) is 12.3. The lowest BCUT2D eigenvalue weighted by molar-refractivity contribution is 0.283. The molecule has 1 unspecified atom stereocenters. The molecule has 21 heavy (non-hydrogen) atoms. The van der Waals surface area contributed by atoms with Crippen molar-refractivity contribution < 1.29 is 4.39 Å². The highest BCUT2D eigenvalue weighted by Crippen LogP contribution is 2.40. The van der Waals surface area contributed by atoms with Gasteiger partial charge in [0, 0.05) is 17.5 Å². The Balaban J connectivity index is 1.86. The molecule has 1 nitrogen and oxygen atoms in total. The largest absolute Gasteiger partial charge is 0.256 e. The maximum absolute atomic E-state index is 13.5. The van der Waals surface area contributed by atoms with Gasteiger partial charge in [-0.25, -0.2) is 4.39 Å². The van der Waals surface area contributed by atoms with Crippen LogP contribution in [0.2, 0.25) is 0 Å². The van der Waals surface area contributed by atoms with Gasteiger partial charge in [-0.2, -0.15) is 0 Å². The van der Waals surface area contributed by atoms with Crippen molar-refractivity contribution in [3.05, 3.63) is 41.8 Å². The fraction of sp³-hybridized carbons (Fsp3) is 0.421. The van der Waals surface area contributed by atoms with Crippen molar-refractivity contribution in [2.45, 2.75) is 38.5 Å². The highest BCUT2D eigenvalue weighted by Gasteiger charge is 2.26. The molecule has 1 fully saturated rings. The maximum Gasteiger partial charge on any atom is 0.123 e. The van der Waals surface area contributed by atoms with E-state index in [0.717, 1.165) is 36.6 Å². The minimum Gasteiger partial charge on any atom is -0.256 e. The predicted molar refractivity (Wildman–Crippen MR) is 84.4 cm³/mol. The Morgan fingerprint density at radius 1 is 1.24 bits per heavy atom. The first-order valence-corrected chi connectivity index (χ1v) is 7.69. The quantitative estimate of drug-likeness (QED) is 0.712. The molecule has 1 atom stereocenters. The summed E-state index contributed by atoms with van der Waals surface area (Å²) in [4.78, 5) is 4.34. The first-order valence-electron chi connectivity index (χ1n) is 7.69. The number of aromatic nitrogens is 1. The third kappa shape index (κ3) is 2.78. The molecule has 0 saturated heterocycles. The zero-order chi connectivity index (χ0) is 14.8. The van der Waals surface area contributed by atoms with Gasteiger partial charge in [-0.1, -0.05) is 6.92 Å². The summed E-state index contributed by atoms with van der Waals surface area (Å²) in [7, 11) is 0. The second kappa shape index (κ2) is 5.85. The Labute approximate surface area is 125 Å². The lowest BCUT2D eigenvalue weighted by Crippen LogP contribution is -2.18. The highest BCUT2D eigenvalue weighted by molar-refractivity contribution is 5.82. The molecule has 1 saturated carbocycles. The molecule has 0 amide bonds. The molecule has 0 bridgehead atoms. The Kier molecular flexibility index (Phi) is 3.92. The predicted octanol–water partition coefficient (Wildman–Crippen LogP) is 4.92. The Hall–Kier alpha value is -1.88. The Bertz CT molecular complexity index is 678. The minimum atomic E-state index is -0.189. The molecular formula is C19H20FN. The monoisotopic (exact) mass is 281 g/mol. The summed E-state index contributed by atoms with van der Waals surface area (Å²) in [5.41, 5.74) is 2.12. The number of fused-ring (bicyclic) bond motifs is 1. The summed E-state index contributed by atoms with van der Waals surface area (Å²) < 4.78 is 13.5. The van der Waals surface area contributed by atoms with Gasteiger partial charge in [0.25, 0.3) is 0 Å². The van der Waals surface area contributed by atoms with E-state index >= 15 is 0 Å². The number of benzene rings is 1. The van der Waals surface area contributed by atoms with Crippen LogP contribution in [0.1, 0.15) is 44.1 Å². The van der Waals surface area contributed by atoms with Crippen LogP contribution in [0.3, 0.4) is 0 Å². The molecule has 0 radical (unpaired) electrons. The summed E-state index contributed by atoms with van der Waals surface area (Å²) >= 11 is 0. The lowest BCUT2D eigenvalue weighted by atomic mass is 9.74. The van der Waals surface area contributed by atoms with Crippen molar-refractivity contribution >= 4 is 10.9 Å². The van der Waals surface area contributed by atoms with Crippen LogP contribution in [-0.2, 0) is 0 Å². The topological polar surface area (TPSA) is 12.9 Å². The first kappa shape index (κ1) is 14.1. The third-order valence-corrected chi connectivity index (χ3v) is 4.92. The number of hydrogen-bond donors (Lipinski definition) is 0. The lowest BCUT2D eigenvalue weighted by Gasteiger charge is -2.31. The molecule has 2 aromatic rings. The molecule has 1 heterocycles. The summed E-state index contributed by atoms with van der Waals surface area (Å²) in [5, 5.41) is 0.964. The smallest absolute Gasteiger partial charge is 0.123 e. The van der Waals surface area contributed by atoms with Crippen LogP contribution in [0, 0.1) is 30.0 Å². The van der Waals surface area contributed by atoms with Crippen molar-refractivity contribution in [3.63, 3.8) is 0 Å². The normalized spacial score (nSPS) is 23.7.